The Kier molecular flexibility index (Phi) is 6.75. The summed E-state index contributed by atoms with van der Waals surface area (Å²) in [6, 6.07) is 9.01. The maximum absolute atomic E-state index is 5.48. The molecule has 114 valence electrons. The van der Waals surface area contributed by atoms with Crippen molar-refractivity contribution in [3.8, 4) is 0 Å². The van der Waals surface area contributed by atoms with Crippen LogP contribution in [0.15, 0.2) is 49.6 Å². The molecule has 0 aromatic heterocycles. The zero-order valence-corrected chi connectivity index (χ0v) is 13.1. The predicted molar refractivity (Wildman–Crippen MR) is 90.4 cm³/mol. The van der Waals surface area contributed by atoms with E-state index < -0.39 is 0 Å². The van der Waals surface area contributed by atoms with Crippen LogP contribution in [0.2, 0.25) is 0 Å². The fourth-order valence-corrected chi connectivity index (χ4v) is 3.28. The SMILES string of the molecule is C=CCCC1CCC(c2ccc(COCC=C)cc2)CC1. The van der Waals surface area contributed by atoms with Crippen molar-refractivity contribution in [3.63, 3.8) is 0 Å². The van der Waals surface area contributed by atoms with Gasteiger partial charge in [0.25, 0.3) is 0 Å². The Morgan fingerprint density at radius 3 is 2.33 bits per heavy atom. The second-order valence-electron chi connectivity index (χ2n) is 6.13. The summed E-state index contributed by atoms with van der Waals surface area (Å²) < 4.78 is 5.48. The fourth-order valence-electron chi connectivity index (χ4n) is 3.28. The molecule has 1 aromatic rings. The predicted octanol–water partition coefficient (Wildman–Crippen LogP) is 5.63. The molecule has 1 saturated carbocycles. The quantitative estimate of drug-likeness (QED) is 0.444. The van der Waals surface area contributed by atoms with E-state index >= 15 is 0 Å². The molecule has 0 atom stereocenters. The van der Waals surface area contributed by atoms with E-state index in [9.17, 15) is 0 Å². The monoisotopic (exact) mass is 284 g/mol. The third-order valence-electron chi connectivity index (χ3n) is 4.58. The molecule has 0 aliphatic heterocycles. The highest BCUT2D eigenvalue weighted by Crippen LogP contribution is 2.37. The minimum atomic E-state index is 0.622. The summed E-state index contributed by atoms with van der Waals surface area (Å²) in [6.07, 6.45) is 11.8. The van der Waals surface area contributed by atoms with Gasteiger partial charge in [0.05, 0.1) is 13.2 Å². The number of benzene rings is 1. The van der Waals surface area contributed by atoms with Gasteiger partial charge in [-0.3, -0.25) is 0 Å². The molecule has 1 nitrogen and oxygen atoms in total. The van der Waals surface area contributed by atoms with E-state index in [4.69, 9.17) is 4.74 Å². The molecule has 0 radical (unpaired) electrons. The minimum Gasteiger partial charge on any atom is -0.373 e. The van der Waals surface area contributed by atoms with Gasteiger partial charge >= 0.3 is 0 Å². The Hall–Kier alpha value is -1.34. The Morgan fingerprint density at radius 1 is 1.00 bits per heavy atom. The summed E-state index contributed by atoms with van der Waals surface area (Å²) in [5.74, 6) is 1.68. The van der Waals surface area contributed by atoms with Crippen LogP contribution in [0, 0.1) is 5.92 Å². The highest BCUT2D eigenvalue weighted by Gasteiger charge is 2.21. The highest BCUT2D eigenvalue weighted by atomic mass is 16.5. The Morgan fingerprint density at radius 2 is 1.71 bits per heavy atom. The average Bonchev–Trinajstić information content (AvgIpc) is 2.54. The summed E-state index contributed by atoms with van der Waals surface area (Å²) in [5, 5.41) is 0. The van der Waals surface area contributed by atoms with Crippen LogP contribution in [-0.2, 0) is 11.3 Å². The van der Waals surface area contributed by atoms with Crippen LogP contribution in [0.1, 0.15) is 55.6 Å². The molecule has 1 aromatic carbocycles. The van der Waals surface area contributed by atoms with Gasteiger partial charge in [0, 0.05) is 0 Å². The molecule has 2 rings (SSSR count). The van der Waals surface area contributed by atoms with Crippen molar-refractivity contribution in [3.05, 3.63) is 60.7 Å². The van der Waals surface area contributed by atoms with Crippen LogP contribution < -0.4 is 0 Å². The second kappa shape index (κ2) is 8.84. The molecular formula is C20H28O. The van der Waals surface area contributed by atoms with Crippen LogP contribution >= 0.6 is 0 Å². The van der Waals surface area contributed by atoms with Gasteiger partial charge in [0.2, 0.25) is 0 Å². The molecule has 1 fully saturated rings. The van der Waals surface area contributed by atoms with Crippen molar-refractivity contribution in [2.24, 2.45) is 5.92 Å². The van der Waals surface area contributed by atoms with E-state index in [-0.39, 0.29) is 0 Å². The lowest BCUT2D eigenvalue weighted by atomic mass is 9.77. The van der Waals surface area contributed by atoms with Gasteiger partial charge in [0.15, 0.2) is 0 Å². The number of allylic oxidation sites excluding steroid dienone is 1. The third-order valence-corrected chi connectivity index (χ3v) is 4.58. The minimum absolute atomic E-state index is 0.622. The number of ether oxygens (including phenoxy) is 1. The molecule has 0 N–H and O–H groups in total. The molecule has 1 aliphatic rings. The Labute approximate surface area is 129 Å². The van der Waals surface area contributed by atoms with Gasteiger partial charge < -0.3 is 4.74 Å². The first-order chi connectivity index (χ1) is 10.3. The van der Waals surface area contributed by atoms with Gasteiger partial charge in [-0.15, -0.1) is 13.2 Å². The molecule has 21 heavy (non-hydrogen) atoms. The first-order valence-corrected chi connectivity index (χ1v) is 8.22. The van der Waals surface area contributed by atoms with E-state index in [2.05, 4.69) is 43.5 Å². The van der Waals surface area contributed by atoms with Crippen molar-refractivity contribution in [2.45, 2.75) is 51.0 Å². The van der Waals surface area contributed by atoms with Crippen molar-refractivity contribution >= 4 is 0 Å². The topological polar surface area (TPSA) is 9.23 Å². The molecule has 0 amide bonds. The van der Waals surface area contributed by atoms with Crippen LogP contribution in [-0.4, -0.2) is 6.61 Å². The molecule has 0 saturated heterocycles. The summed E-state index contributed by atoms with van der Waals surface area (Å²) in [6.45, 7) is 8.79. The van der Waals surface area contributed by atoms with E-state index in [1.807, 2.05) is 0 Å². The van der Waals surface area contributed by atoms with Crippen molar-refractivity contribution in [1.29, 1.82) is 0 Å². The molecule has 0 bridgehead atoms. The molecule has 0 heterocycles. The summed E-state index contributed by atoms with van der Waals surface area (Å²) >= 11 is 0. The van der Waals surface area contributed by atoms with Crippen LogP contribution in [0.25, 0.3) is 0 Å². The van der Waals surface area contributed by atoms with E-state index in [1.165, 1.54) is 49.7 Å². The number of rotatable bonds is 8. The Balaban J connectivity index is 1.80. The average molecular weight is 284 g/mol. The zero-order valence-electron chi connectivity index (χ0n) is 13.1. The maximum Gasteiger partial charge on any atom is 0.0721 e. The lowest BCUT2D eigenvalue weighted by molar-refractivity contribution is 0.149. The smallest absolute Gasteiger partial charge is 0.0721 e. The zero-order chi connectivity index (χ0) is 14.9. The molecule has 0 unspecified atom stereocenters. The maximum atomic E-state index is 5.48. The summed E-state index contributed by atoms with van der Waals surface area (Å²) in [5.41, 5.74) is 2.75. The van der Waals surface area contributed by atoms with E-state index in [0.717, 1.165) is 11.8 Å². The lowest BCUT2D eigenvalue weighted by Crippen LogP contribution is -2.13. The molecular weight excluding hydrogens is 256 g/mol. The van der Waals surface area contributed by atoms with E-state index in [1.54, 1.807) is 6.08 Å². The Bertz CT molecular complexity index is 424. The largest absolute Gasteiger partial charge is 0.373 e. The van der Waals surface area contributed by atoms with Gasteiger partial charge in [-0.1, -0.05) is 36.4 Å². The van der Waals surface area contributed by atoms with E-state index in [0.29, 0.717) is 13.2 Å². The standard InChI is InChI=1S/C20H28O/c1-3-5-6-17-7-11-19(12-8-17)20-13-9-18(10-14-20)16-21-15-4-2/h3-4,9-10,13-14,17,19H,1-2,5-8,11-12,15-16H2. The molecule has 1 aliphatic carbocycles. The first kappa shape index (κ1) is 16.0. The van der Waals surface area contributed by atoms with Crippen LogP contribution in [0.5, 0.6) is 0 Å². The summed E-state index contributed by atoms with van der Waals surface area (Å²) in [4.78, 5) is 0. The molecule has 0 spiro atoms. The normalized spacial score (nSPS) is 21.9. The van der Waals surface area contributed by atoms with Gasteiger partial charge in [-0.2, -0.15) is 0 Å². The van der Waals surface area contributed by atoms with Crippen molar-refractivity contribution in [2.75, 3.05) is 6.61 Å². The van der Waals surface area contributed by atoms with Crippen LogP contribution in [0.4, 0.5) is 0 Å². The fraction of sp³-hybridized carbons (Fsp3) is 0.500. The highest BCUT2D eigenvalue weighted by molar-refractivity contribution is 5.25. The van der Waals surface area contributed by atoms with Gasteiger partial charge in [-0.25, -0.2) is 0 Å². The van der Waals surface area contributed by atoms with Crippen LogP contribution in [0.3, 0.4) is 0 Å². The molecule has 1 heteroatoms. The first-order valence-electron chi connectivity index (χ1n) is 8.22. The number of hydrogen-bond acceptors (Lipinski definition) is 1. The van der Waals surface area contributed by atoms with Crippen molar-refractivity contribution in [1.82, 2.24) is 0 Å². The number of hydrogen-bond donors (Lipinski definition) is 0. The van der Waals surface area contributed by atoms with Gasteiger partial charge in [-0.05, 0) is 61.5 Å². The third kappa shape index (κ3) is 5.17. The van der Waals surface area contributed by atoms with Crippen molar-refractivity contribution < 1.29 is 4.74 Å². The second-order valence-corrected chi connectivity index (χ2v) is 6.13. The van der Waals surface area contributed by atoms with Gasteiger partial charge in [0.1, 0.15) is 0 Å². The lowest BCUT2D eigenvalue weighted by Gasteiger charge is -2.28. The summed E-state index contributed by atoms with van der Waals surface area (Å²) in [7, 11) is 0.